The fourth-order valence-electron chi connectivity index (χ4n) is 2.70. The highest BCUT2D eigenvalue weighted by Crippen LogP contribution is 2.24. The van der Waals surface area contributed by atoms with Crippen LogP contribution in [0.3, 0.4) is 0 Å². The Balaban J connectivity index is 2.09. The Labute approximate surface area is 126 Å². The minimum absolute atomic E-state index is 0.0619. The molecular formula is C17H24N2O2. The van der Waals surface area contributed by atoms with Crippen LogP contribution >= 0.6 is 0 Å². The number of fused-ring (bicyclic) bond motifs is 1. The standard InChI is InChI=1S/C17H24N2O2/c1-4-9-18-17(20)13(2)19-10-5-6-14-11-16(21-3)8-7-15(14)12-19/h4,7-8,11,13H,1,5-6,9-10,12H2,2-3H3,(H,18,20)/t13-/m0/s1. The van der Waals surface area contributed by atoms with E-state index in [2.05, 4.69) is 28.9 Å². The molecule has 0 aliphatic carbocycles. The van der Waals surface area contributed by atoms with E-state index in [1.54, 1.807) is 13.2 Å². The molecule has 1 atom stereocenters. The number of hydrogen-bond acceptors (Lipinski definition) is 3. The molecule has 1 N–H and O–H groups in total. The number of methoxy groups -OCH3 is 1. The number of amides is 1. The summed E-state index contributed by atoms with van der Waals surface area (Å²) in [5, 5.41) is 2.87. The van der Waals surface area contributed by atoms with E-state index < -0.39 is 0 Å². The zero-order valence-electron chi connectivity index (χ0n) is 12.9. The topological polar surface area (TPSA) is 41.6 Å². The van der Waals surface area contributed by atoms with E-state index in [1.165, 1.54) is 11.1 Å². The van der Waals surface area contributed by atoms with Gasteiger partial charge in [0.05, 0.1) is 13.2 Å². The Morgan fingerprint density at radius 3 is 3.05 bits per heavy atom. The zero-order chi connectivity index (χ0) is 15.2. The molecule has 1 amide bonds. The van der Waals surface area contributed by atoms with Crippen molar-refractivity contribution in [1.29, 1.82) is 0 Å². The molecule has 0 unspecified atom stereocenters. The van der Waals surface area contributed by atoms with Gasteiger partial charge in [-0.15, -0.1) is 6.58 Å². The van der Waals surface area contributed by atoms with Gasteiger partial charge < -0.3 is 10.1 Å². The summed E-state index contributed by atoms with van der Waals surface area (Å²) in [6, 6.07) is 6.09. The molecule has 21 heavy (non-hydrogen) atoms. The molecule has 1 aromatic carbocycles. The fourth-order valence-corrected chi connectivity index (χ4v) is 2.70. The van der Waals surface area contributed by atoms with Gasteiger partial charge in [0.2, 0.25) is 5.91 Å². The predicted molar refractivity (Wildman–Crippen MR) is 84.4 cm³/mol. The number of ether oxygens (including phenoxy) is 1. The first-order valence-electron chi connectivity index (χ1n) is 7.44. The molecular weight excluding hydrogens is 264 g/mol. The minimum Gasteiger partial charge on any atom is -0.497 e. The van der Waals surface area contributed by atoms with Crippen LogP contribution in [-0.2, 0) is 17.8 Å². The number of benzene rings is 1. The lowest BCUT2D eigenvalue weighted by Gasteiger charge is -2.26. The van der Waals surface area contributed by atoms with Gasteiger partial charge in [-0.1, -0.05) is 12.1 Å². The van der Waals surface area contributed by atoms with Gasteiger partial charge in [-0.05, 0) is 49.6 Å². The van der Waals surface area contributed by atoms with Crippen LogP contribution in [0, 0.1) is 0 Å². The van der Waals surface area contributed by atoms with Crippen molar-refractivity contribution in [3.63, 3.8) is 0 Å². The van der Waals surface area contributed by atoms with Crippen molar-refractivity contribution in [3.05, 3.63) is 42.0 Å². The Hall–Kier alpha value is -1.81. The molecule has 0 bridgehead atoms. The van der Waals surface area contributed by atoms with Crippen molar-refractivity contribution >= 4 is 5.91 Å². The second-order valence-electron chi connectivity index (χ2n) is 5.42. The maximum absolute atomic E-state index is 12.1. The molecule has 4 heteroatoms. The zero-order valence-corrected chi connectivity index (χ0v) is 12.9. The highest BCUT2D eigenvalue weighted by atomic mass is 16.5. The summed E-state index contributed by atoms with van der Waals surface area (Å²) in [6.07, 6.45) is 3.79. The van der Waals surface area contributed by atoms with Crippen LogP contribution in [0.2, 0.25) is 0 Å². The molecule has 0 saturated carbocycles. The van der Waals surface area contributed by atoms with Gasteiger partial charge in [0.1, 0.15) is 5.75 Å². The van der Waals surface area contributed by atoms with Crippen molar-refractivity contribution in [2.45, 2.75) is 32.4 Å². The summed E-state index contributed by atoms with van der Waals surface area (Å²) in [5.41, 5.74) is 2.62. The van der Waals surface area contributed by atoms with Crippen LogP contribution in [0.1, 0.15) is 24.5 Å². The van der Waals surface area contributed by atoms with Crippen molar-refractivity contribution in [2.24, 2.45) is 0 Å². The molecule has 1 aliphatic heterocycles. The quantitative estimate of drug-likeness (QED) is 0.844. The number of rotatable bonds is 5. The lowest BCUT2D eigenvalue weighted by molar-refractivity contribution is -0.125. The predicted octanol–water partition coefficient (Wildman–Crippen LogP) is 2.13. The van der Waals surface area contributed by atoms with Crippen LogP contribution in [0.4, 0.5) is 0 Å². The summed E-state index contributed by atoms with van der Waals surface area (Å²) in [6.45, 7) is 7.85. The molecule has 0 fully saturated rings. The van der Waals surface area contributed by atoms with Crippen molar-refractivity contribution in [1.82, 2.24) is 10.2 Å². The Morgan fingerprint density at radius 1 is 1.52 bits per heavy atom. The van der Waals surface area contributed by atoms with E-state index in [0.717, 1.165) is 31.7 Å². The van der Waals surface area contributed by atoms with Gasteiger partial charge in [0.25, 0.3) is 0 Å². The first kappa shape index (κ1) is 15.6. The molecule has 4 nitrogen and oxygen atoms in total. The van der Waals surface area contributed by atoms with E-state index in [0.29, 0.717) is 6.54 Å². The van der Waals surface area contributed by atoms with E-state index in [1.807, 2.05) is 13.0 Å². The number of carbonyl (C=O) groups is 1. The fraction of sp³-hybridized carbons (Fsp3) is 0.471. The second kappa shape index (κ2) is 7.27. The van der Waals surface area contributed by atoms with Crippen LogP contribution in [0.5, 0.6) is 5.75 Å². The second-order valence-corrected chi connectivity index (χ2v) is 5.42. The summed E-state index contributed by atoms with van der Waals surface area (Å²) < 4.78 is 5.29. The molecule has 0 radical (unpaired) electrons. The Bertz CT molecular complexity index is 514. The van der Waals surface area contributed by atoms with Crippen molar-refractivity contribution in [3.8, 4) is 5.75 Å². The van der Waals surface area contributed by atoms with Gasteiger partial charge in [-0.25, -0.2) is 0 Å². The largest absolute Gasteiger partial charge is 0.497 e. The SMILES string of the molecule is C=CCNC(=O)[C@H](C)N1CCCc2cc(OC)ccc2C1. The van der Waals surface area contributed by atoms with Crippen LogP contribution in [-0.4, -0.2) is 37.0 Å². The monoisotopic (exact) mass is 288 g/mol. The van der Waals surface area contributed by atoms with E-state index in [9.17, 15) is 4.79 Å². The minimum atomic E-state index is -0.127. The highest BCUT2D eigenvalue weighted by molar-refractivity contribution is 5.81. The molecule has 2 rings (SSSR count). The third-order valence-corrected chi connectivity index (χ3v) is 4.03. The Morgan fingerprint density at radius 2 is 2.33 bits per heavy atom. The van der Waals surface area contributed by atoms with Crippen molar-refractivity contribution in [2.75, 3.05) is 20.2 Å². The van der Waals surface area contributed by atoms with Crippen molar-refractivity contribution < 1.29 is 9.53 Å². The van der Waals surface area contributed by atoms with Gasteiger partial charge >= 0.3 is 0 Å². The van der Waals surface area contributed by atoms with Crippen LogP contribution in [0.25, 0.3) is 0 Å². The molecule has 1 heterocycles. The summed E-state index contributed by atoms with van der Waals surface area (Å²) >= 11 is 0. The molecule has 1 aromatic rings. The lowest BCUT2D eigenvalue weighted by Crippen LogP contribution is -2.44. The summed E-state index contributed by atoms with van der Waals surface area (Å²) in [4.78, 5) is 14.3. The maximum Gasteiger partial charge on any atom is 0.237 e. The molecule has 1 aliphatic rings. The maximum atomic E-state index is 12.1. The molecule has 0 saturated heterocycles. The molecule has 0 spiro atoms. The molecule has 0 aromatic heterocycles. The average Bonchev–Trinajstić information content (AvgIpc) is 2.73. The normalized spacial score (nSPS) is 16.5. The third-order valence-electron chi connectivity index (χ3n) is 4.03. The van der Waals surface area contributed by atoms with E-state index in [4.69, 9.17) is 4.74 Å². The van der Waals surface area contributed by atoms with Gasteiger partial charge in [-0.2, -0.15) is 0 Å². The van der Waals surface area contributed by atoms with Gasteiger partial charge in [0.15, 0.2) is 0 Å². The van der Waals surface area contributed by atoms with Crippen LogP contribution < -0.4 is 10.1 Å². The average molecular weight is 288 g/mol. The van der Waals surface area contributed by atoms with Gasteiger partial charge in [0, 0.05) is 13.1 Å². The first-order chi connectivity index (χ1) is 10.2. The van der Waals surface area contributed by atoms with E-state index in [-0.39, 0.29) is 11.9 Å². The lowest BCUT2D eigenvalue weighted by atomic mass is 10.0. The Kier molecular flexibility index (Phi) is 5.39. The highest BCUT2D eigenvalue weighted by Gasteiger charge is 2.23. The smallest absolute Gasteiger partial charge is 0.237 e. The molecule has 114 valence electrons. The number of nitrogens with zero attached hydrogens (tertiary/aromatic N) is 1. The van der Waals surface area contributed by atoms with Gasteiger partial charge in [-0.3, -0.25) is 9.69 Å². The number of aryl methyl sites for hydroxylation is 1. The third kappa shape index (κ3) is 3.85. The summed E-state index contributed by atoms with van der Waals surface area (Å²) in [7, 11) is 1.69. The number of nitrogens with one attached hydrogen (secondary N) is 1. The first-order valence-corrected chi connectivity index (χ1v) is 7.44. The summed E-state index contributed by atoms with van der Waals surface area (Å²) in [5.74, 6) is 0.964. The number of carbonyl (C=O) groups excluding carboxylic acids is 1. The van der Waals surface area contributed by atoms with E-state index >= 15 is 0 Å². The van der Waals surface area contributed by atoms with Crippen LogP contribution in [0.15, 0.2) is 30.9 Å². The number of hydrogen-bond donors (Lipinski definition) is 1.